The van der Waals surface area contributed by atoms with Crippen LogP contribution < -0.4 is 0 Å². The highest BCUT2D eigenvalue weighted by molar-refractivity contribution is 7.99. The second kappa shape index (κ2) is 7.04. The van der Waals surface area contributed by atoms with E-state index < -0.39 is 12.1 Å². The van der Waals surface area contributed by atoms with E-state index in [0.29, 0.717) is 10.6 Å². The maximum atomic E-state index is 13.5. The maximum Gasteiger partial charge on any atom is 0.269 e. The molecule has 8 heteroatoms. The van der Waals surface area contributed by atoms with Crippen LogP contribution in [0.25, 0.3) is 10.4 Å². The van der Waals surface area contributed by atoms with E-state index >= 15 is 0 Å². The summed E-state index contributed by atoms with van der Waals surface area (Å²) < 4.78 is 24.1. The number of benzene rings is 1. The predicted octanol–water partition coefficient (Wildman–Crippen LogP) is 4.70. The molecule has 2 heterocycles. The fourth-order valence-electron chi connectivity index (χ4n) is 2.03. The molecule has 3 rings (SSSR count). The Morgan fingerprint density at radius 2 is 2.09 bits per heavy atom. The Morgan fingerprint density at radius 3 is 2.87 bits per heavy atom. The van der Waals surface area contributed by atoms with Crippen molar-refractivity contribution in [2.24, 2.45) is 5.11 Å². The van der Waals surface area contributed by atoms with Crippen LogP contribution in [0.1, 0.15) is 17.4 Å². The summed E-state index contributed by atoms with van der Waals surface area (Å²) in [5, 5.41) is 4.15. The van der Waals surface area contributed by atoms with Crippen molar-refractivity contribution in [3.8, 4) is 0 Å². The molecule has 0 amide bonds. The van der Waals surface area contributed by atoms with Crippen LogP contribution in [-0.4, -0.2) is 4.98 Å². The molecule has 1 aromatic carbocycles. The fourth-order valence-corrected chi connectivity index (χ4v) is 3.03. The van der Waals surface area contributed by atoms with E-state index in [2.05, 4.69) is 15.0 Å². The lowest BCUT2D eigenvalue weighted by atomic mass is 10.2. The second-order valence-corrected chi connectivity index (χ2v) is 5.55. The highest BCUT2D eigenvalue weighted by Crippen LogP contribution is 2.36. The van der Waals surface area contributed by atoms with Gasteiger partial charge in [-0.2, -0.15) is 0 Å². The number of nitrogens with zero attached hydrogens (tertiary/aromatic N) is 4. The van der Waals surface area contributed by atoms with Crippen molar-refractivity contribution in [3.63, 3.8) is 0 Å². The van der Waals surface area contributed by atoms with Crippen molar-refractivity contribution in [2.75, 3.05) is 0 Å². The van der Waals surface area contributed by atoms with E-state index in [1.54, 1.807) is 0 Å². The third-order valence-corrected chi connectivity index (χ3v) is 4.20. The van der Waals surface area contributed by atoms with E-state index in [4.69, 9.17) is 15.0 Å². The monoisotopic (exact) mass is 330 g/mol. The van der Waals surface area contributed by atoms with Crippen LogP contribution in [0.5, 0.6) is 0 Å². The van der Waals surface area contributed by atoms with Gasteiger partial charge < -0.3 is 9.47 Å². The molecule has 0 N–H and O–H groups in total. The predicted molar refractivity (Wildman–Crippen MR) is 81.7 cm³/mol. The molecule has 1 aliphatic heterocycles. The molecular weight excluding hydrogens is 319 g/mol. The zero-order valence-electron chi connectivity index (χ0n) is 11.8. The van der Waals surface area contributed by atoms with Crippen molar-refractivity contribution in [1.82, 2.24) is 4.98 Å². The third-order valence-electron chi connectivity index (χ3n) is 3.04. The van der Waals surface area contributed by atoms with Crippen molar-refractivity contribution < 1.29 is 13.9 Å². The van der Waals surface area contributed by atoms with Crippen LogP contribution in [0.2, 0.25) is 0 Å². The minimum absolute atomic E-state index is 0.230. The molecule has 0 radical (unpaired) electrons. The van der Waals surface area contributed by atoms with Gasteiger partial charge in [-0.05, 0) is 23.2 Å². The first-order valence-electron chi connectivity index (χ1n) is 6.66. The summed E-state index contributed by atoms with van der Waals surface area (Å²) in [7, 11) is 0. The van der Waals surface area contributed by atoms with Gasteiger partial charge in [0, 0.05) is 9.81 Å². The standard InChI is InChI=1S/C15H11FN4O2S/c16-11-7-12(15-21-5-6-22-15)14(18-9-11)23-13-4-2-1-3-10(13)8-19-20-17/h1-7,9,15H,8H2. The van der Waals surface area contributed by atoms with E-state index in [0.717, 1.165) is 16.7 Å². The smallest absolute Gasteiger partial charge is 0.269 e. The Labute approximate surface area is 135 Å². The summed E-state index contributed by atoms with van der Waals surface area (Å²) in [4.78, 5) is 7.78. The first kappa shape index (κ1) is 15.2. The van der Waals surface area contributed by atoms with Gasteiger partial charge in [0.25, 0.3) is 6.29 Å². The van der Waals surface area contributed by atoms with Gasteiger partial charge in [0.15, 0.2) is 0 Å². The van der Waals surface area contributed by atoms with Gasteiger partial charge in [0.05, 0.1) is 18.3 Å². The molecule has 116 valence electrons. The van der Waals surface area contributed by atoms with Gasteiger partial charge in [-0.25, -0.2) is 9.37 Å². The molecule has 1 aliphatic rings. The zero-order valence-corrected chi connectivity index (χ0v) is 12.6. The second-order valence-electron chi connectivity index (χ2n) is 4.52. The number of halogens is 1. The number of hydrogen-bond acceptors (Lipinski definition) is 5. The Balaban J connectivity index is 1.92. The number of ether oxygens (including phenoxy) is 2. The van der Waals surface area contributed by atoms with Gasteiger partial charge in [-0.1, -0.05) is 35.1 Å². The molecule has 0 saturated heterocycles. The third kappa shape index (κ3) is 3.56. The van der Waals surface area contributed by atoms with Gasteiger partial charge in [0.1, 0.15) is 23.4 Å². The zero-order chi connectivity index (χ0) is 16.1. The van der Waals surface area contributed by atoms with E-state index in [1.165, 1.54) is 30.4 Å². The molecule has 0 fully saturated rings. The van der Waals surface area contributed by atoms with E-state index in [9.17, 15) is 4.39 Å². The number of rotatable bonds is 5. The topological polar surface area (TPSA) is 80.1 Å². The summed E-state index contributed by atoms with van der Waals surface area (Å²) in [6.45, 7) is 0.230. The minimum atomic E-state index is -0.718. The Kier molecular flexibility index (Phi) is 4.65. The first-order valence-corrected chi connectivity index (χ1v) is 7.47. The van der Waals surface area contributed by atoms with Gasteiger partial charge in [-0.3, -0.25) is 0 Å². The first-order chi connectivity index (χ1) is 11.3. The minimum Gasteiger partial charge on any atom is -0.455 e. The summed E-state index contributed by atoms with van der Waals surface area (Å²) in [6, 6.07) is 8.82. The number of aromatic nitrogens is 1. The summed E-state index contributed by atoms with van der Waals surface area (Å²) in [6.07, 6.45) is 3.23. The molecule has 0 unspecified atom stereocenters. The van der Waals surface area contributed by atoms with Crippen molar-refractivity contribution in [3.05, 3.63) is 76.4 Å². The molecular formula is C15H11FN4O2S. The van der Waals surface area contributed by atoms with Gasteiger partial charge in [-0.15, -0.1) is 0 Å². The number of azide groups is 1. The van der Waals surface area contributed by atoms with Crippen molar-refractivity contribution >= 4 is 11.8 Å². The summed E-state index contributed by atoms with van der Waals surface area (Å²) >= 11 is 1.34. The van der Waals surface area contributed by atoms with Crippen molar-refractivity contribution in [1.29, 1.82) is 0 Å². The van der Waals surface area contributed by atoms with Crippen LogP contribution in [-0.2, 0) is 16.0 Å². The Hall–Kier alpha value is -2.70. The Morgan fingerprint density at radius 1 is 1.30 bits per heavy atom. The molecule has 2 aromatic rings. The lowest BCUT2D eigenvalue weighted by molar-refractivity contribution is -0.0273. The van der Waals surface area contributed by atoms with Crippen LogP contribution >= 0.6 is 11.8 Å². The number of hydrogen-bond donors (Lipinski definition) is 0. The van der Waals surface area contributed by atoms with Crippen molar-refractivity contribution in [2.45, 2.75) is 22.8 Å². The molecule has 0 spiro atoms. The quantitative estimate of drug-likeness (QED) is 0.452. The molecule has 23 heavy (non-hydrogen) atoms. The molecule has 0 saturated carbocycles. The Bertz CT molecular complexity index is 785. The molecule has 0 bridgehead atoms. The van der Waals surface area contributed by atoms with Gasteiger partial charge >= 0.3 is 0 Å². The van der Waals surface area contributed by atoms with Crippen LogP contribution in [0.3, 0.4) is 0 Å². The molecule has 1 aromatic heterocycles. The SMILES string of the molecule is [N-]=[N+]=NCc1ccccc1Sc1ncc(F)cc1C1OC=CO1. The molecule has 0 atom stereocenters. The highest BCUT2D eigenvalue weighted by atomic mass is 32.2. The van der Waals surface area contributed by atoms with E-state index in [1.807, 2.05) is 24.3 Å². The lowest BCUT2D eigenvalue weighted by Crippen LogP contribution is -2.03. The fraction of sp³-hybridized carbons (Fsp3) is 0.133. The van der Waals surface area contributed by atoms with E-state index in [-0.39, 0.29) is 6.54 Å². The number of pyridine rings is 1. The van der Waals surface area contributed by atoms with Crippen LogP contribution in [0.15, 0.2) is 64.1 Å². The molecule has 6 nitrogen and oxygen atoms in total. The average molecular weight is 330 g/mol. The highest BCUT2D eigenvalue weighted by Gasteiger charge is 2.22. The largest absolute Gasteiger partial charge is 0.455 e. The van der Waals surface area contributed by atoms with Crippen LogP contribution in [0.4, 0.5) is 4.39 Å². The van der Waals surface area contributed by atoms with Crippen LogP contribution in [0, 0.1) is 5.82 Å². The summed E-state index contributed by atoms with van der Waals surface area (Å²) in [5.41, 5.74) is 9.84. The average Bonchev–Trinajstić information content (AvgIpc) is 3.10. The maximum absolute atomic E-state index is 13.5. The lowest BCUT2D eigenvalue weighted by Gasteiger charge is -2.15. The molecule has 0 aliphatic carbocycles. The van der Waals surface area contributed by atoms with Gasteiger partial charge in [0.2, 0.25) is 0 Å². The summed E-state index contributed by atoms with van der Waals surface area (Å²) in [5.74, 6) is -0.467. The normalized spacial score (nSPS) is 13.3.